The molecular formula is C21H31N3O5. The zero-order valence-electron chi connectivity index (χ0n) is 16.7. The molecule has 2 bridgehead atoms. The van der Waals surface area contributed by atoms with Gasteiger partial charge < -0.3 is 19.8 Å². The largest absolute Gasteiger partial charge is 0.483 e. The topological polar surface area (TPSA) is 103 Å². The van der Waals surface area contributed by atoms with E-state index in [0.717, 1.165) is 58.5 Å². The van der Waals surface area contributed by atoms with Crippen LogP contribution in [0.15, 0.2) is 24.5 Å². The molecule has 1 aromatic heterocycles. The number of aromatic nitrogens is 1. The lowest BCUT2D eigenvalue weighted by Crippen LogP contribution is -2.49. The van der Waals surface area contributed by atoms with Gasteiger partial charge in [0.05, 0.1) is 25.4 Å². The third kappa shape index (κ3) is 5.98. The first-order valence-corrected chi connectivity index (χ1v) is 10.4. The second-order valence-corrected chi connectivity index (χ2v) is 8.21. The van der Waals surface area contributed by atoms with E-state index in [9.17, 15) is 9.90 Å². The minimum atomic E-state index is -0.250. The van der Waals surface area contributed by atoms with Gasteiger partial charge in [-0.1, -0.05) is 0 Å². The Kier molecular flexibility index (Phi) is 7.97. The van der Waals surface area contributed by atoms with Crippen molar-refractivity contribution in [3.05, 3.63) is 30.1 Å². The lowest BCUT2D eigenvalue weighted by molar-refractivity contribution is -0.140. The number of carbonyl (C=O) groups is 2. The van der Waals surface area contributed by atoms with Gasteiger partial charge in [-0.2, -0.15) is 0 Å². The molecule has 0 spiro atoms. The van der Waals surface area contributed by atoms with Gasteiger partial charge in [0.2, 0.25) is 5.91 Å². The van der Waals surface area contributed by atoms with E-state index >= 15 is 0 Å². The molecule has 3 aliphatic rings. The summed E-state index contributed by atoms with van der Waals surface area (Å²) in [6.07, 6.45) is 6.59. The fourth-order valence-corrected chi connectivity index (χ4v) is 4.64. The summed E-state index contributed by atoms with van der Waals surface area (Å²) in [5, 5.41) is 16.6. The first-order chi connectivity index (χ1) is 14.1. The molecule has 1 amide bonds. The molecule has 8 heteroatoms. The molecule has 3 heterocycles. The summed E-state index contributed by atoms with van der Waals surface area (Å²) in [6.45, 7) is 4.63. The van der Waals surface area contributed by atoms with E-state index in [1.807, 2.05) is 12.4 Å². The Hall–Kier alpha value is -2.03. The fourth-order valence-electron chi connectivity index (χ4n) is 4.64. The Morgan fingerprint density at radius 3 is 2.52 bits per heavy atom. The molecule has 2 saturated heterocycles. The average Bonchev–Trinajstić information content (AvgIpc) is 3.00. The van der Waals surface area contributed by atoms with E-state index < -0.39 is 0 Å². The summed E-state index contributed by atoms with van der Waals surface area (Å²) in [5.41, 5.74) is 1.26. The fraction of sp³-hybridized carbons (Fsp3) is 0.667. The van der Waals surface area contributed by atoms with Crippen LogP contribution in [0.5, 0.6) is 0 Å². The number of ether oxygens (including phenoxy) is 1. The van der Waals surface area contributed by atoms with Crippen LogP contribution < -0.4 is 0 Å². The maximum Gasteiger partial charge on any atom is 0.290 e. The number of hydrogen-bond donors (Lipinski definition) is 2. The van der Waals surface area contributed by atoms with Crippen molar-refractivity contribution in [3.63, 3.8) is 0 Å². The van der Waals surface area contributed by atoms with Crippen LogP contribution in [0.1, 0.15) is 31.2 Å². The number of pyridine rings is 1. The highest BCUT2D eigenvalue weighted by Gasteiger charge is 2.38. The zero-order valence-corrected chi connectivity index (χ0v) is 16.7. The minimum absolute atomic E-state index is 0.0754. The number of hydrogen-bond acceptors (Lipinski definition) is 6. The number of nitrogens with zero attached hydrogens (tertiary/aromatic N) is 3. The SMILES string of the molecule is O=C(C1CCC(O)CC1)N1C[C@H]2COC[C@@H]1CN(Cc1ccncc1)C2.O=CO. The lowest BCUT2D eigenvalue weighted by atomic mass is 9.86. The molecule has 4 rings (SSSR count). The van der Waals surface area contributed by atoms with E-state index in [4.69, 9.17) is 14.6 Å². The van der Waals surface area contributed by atoms with E-state index in [1.54, 1.807) is 0 Å². The molecule has 2 atom stereocenters. The number of rotatable bonds is 3. The predicted octanol–water partition coefficient (Wildman–Crippen LogP) is 0.993. The molecule has 3 fully saturated rings. The van der Waals surface area contributed by atoms with Gasteiger partial charge in [-0.25, -0.2) is 0 Å². The number of aliphatic hydroxyl groups is 1. The van der Waals surface area contributed by atoms with E-state index in [-0.39, 0.29) is 30.4 Å². The first-order valence-electron chi connectivity index (χ1n) is 10.4. The van der Waals surface area contributed by atoms with Crippen molar-refractivity contribution in [1.82, 2.24) is 14.8 Å². The van der Waals surface area contributed by atoms with Crippen molar-refractivity contribution in [2.45, 2.75) is 44.4 Å². The molecule has 0 aromatic carbocycles. The summed E-state index contributed by atoms with van der Waals surface area (Å²) in [6, 6.07) is 4.25. The van der Waals surface area contributed by atoms with Gasteiger partial charge in [-0.05, 0) is 43.4 Å². The Balaban J connectivity index is 0.000000755. The number of aliphatic hydroxyl groups excluding tert-OH is 1. The molecule has 0 radical (unpaired) electrons. The van der Waals surface area contributed by atoms with Crippen LogP contribution in [-0.4, -0.2) is 82.4 Å². The van der Waals surface area contributed by atoms with Gasteiger partial charge in [0.1, 0.15) is 0 Å². The Morgan fingerprint density at radius 1 is 1.14 bits per heavy atom. The second-order valence-electron chi connectivity index (χ2n) is 8.21. The highest BCUT2D eigenvalue weighted by molar-refractivity contribution is 5.79. The summed E-state index contributed by atoms with van der Waals surface area (Å²) < 4.78 is 5.87. The van der Waals surface area contributed by atoms with Crippen molar-refractivity contribution >= 4 is 12.4 Å². The van der Waals surface area contributed by atoms with E-state index in [1.165, 1.54) is 5.56 Å². The smallest absolute Gasteiger partial charge is 0.290 e. The highest BCUT2D eigenvalue weighted by Crippen LogP contribution is 2.29. The third-order valence-electron chi connectivity index (χ3n) is 6.03. The van der Waals surface area contributed by atoms with Crippen LogP contribution in [0.3, 0.4) is 0 Å². The van der Waals surface area contributed by atoms with E-state index in [0.29, 0.717) is 12.5 Å². The maximum absolute atomic E-state index is 13.2. The predicted molar refractivity (Wildman–Crippen MR) is 106 cm³/mol. The molecule has 29 heavy (non-hydrogen) atoms. The maximum atomic E-state index is 13.2. The zero-order chi connectivity index (χ0) is 20.6. The van der Waals surface area contributed by atoms with Crippen molar-refractivity contribution in [2.24, 2.45) is 11.8 Å². The molecule has 1 saturated carbocycles. The van der Waals surface area contributed by atoms with Gasteiger partial charge in [0, 0.05) is 50.4 Å². The first kappa shape index (κ1) is 21.7. The minimum Gasteiger partial charge on any atom is -0.483 e. The molecule has 2 N–H and O–H groups in total. The quantitative estimate of drug-likeness (QED) is 0.723. The van der Waals surface area contributed by atoms with Gasteiger partial charge in [0.25, 0.3) is 6.47 Å². The van der Waals surface area contributed by atoms with Crippen molar-refractivity contribution < 1.29 is 24.5 Å². The van der Waals surface area contributed by atoms with Crippen LogP contribution in [0, 0.1) is 11.8 Å². The summed E-state index contributed by atoms with van der Waals surface area (Å²) in [5.74, 6) is 0.719. The van der Waals surface area contributed by atoms with Gasteiger partial charge >= 0.3 is 0 Å². The highest BCUT2D eigenvalue weighted by atomic mass is 16.5. The van der Waals surface area contributed by atoms with Crippen molar-refractivity contribution in [1.29, 1.82) is 0 Å². The van der Waals surface area contributed by atoms with Crippen LogP contribution in [0.25, 0.3) is 0 Å². The van der Waals surface area contributed by atoms with Gasteiger partial charge in [-0.3, -0.25) is 19.5 Å². The van der Waals surface area contributed by atoms with Crippen LogP contribution in [0.2, 0.25) is 0 Å². The van der Waals surface area contributed by atoms with E-state index in [2.05, 4.69) is 26.9 Å². The van der Waals surface area contributed by atoms with Gasteiger partial charge in [-0.15, -0.1) is 0 Å². The lowest BCUT2D eigenvalue weighted by Gasteiger charge is -2.35. The van der Waals surface area contributed by atoms with Gasteiger partial charge in [0.15, 0.2) is 0 Å². The summed E-state index contributed by atoms with van der Waals surface area (Å²) in [4.78, 5) is 30.2. The monoisotopic (exact) mass is 405 g/mol. The molecule has 160 valence electrons. The van der Waals surface area contributed by atoms with Crippen LogP contribution in [-0.2, 0) is 20.9 Å². The molecule has 0 unspecified atom stereocenters. The molecule has 1 aliphatic carbocycles. The number of carbonyl (C=O) groups excluding carboxylic acids is 1. The Morgan fingerprint density at radius 2 is 1.83 bits per heavy atom. The average molecular weight is 405 g/mol. The normalized spacial score (nSPS) is 29.9. The Labute approximate surface area is 171 Å². The number of carboxylic acid groups (broad SMARTS) is 1. The third-order valence-corrected chi connectivity index (χ3v) is 6.03. The van der Waals surface area contributed by atoms with Crippen LogP contribution in [0.4, 0.5) is 0 Å². The number of amides is 1. The van der Waals surface area contributed by atoms with Crippen molar-refractivity contribution in [3.8, 4) is 0 Å². The molecule has 1 aromatic rings. The Bertz CT molecular complexity index is 651. The number of fused-ring (bicyclic) bond motifs is 3. The standard InChI is InChI=1S/C20H29N3O3.CH2O2/c24-19-3-1-17(2-4-19)20(25)23-11-16-10-22(12-18(23)14-26-13-16)9-15-5-7-21-8-6-15;2-1-3/h5-8,16-19,24H,1-4,9-14H2;1H,(H,2,3)/t16-,17?,18-,19?;/m0./s1. The van der Waals surface area contributed by atoms with Crippen LogP contribution >= 0.6 is 0 Å². The van der Waals surface area contributed by atoms with Crippen molar-refractivity contribution in [2.75, 3.05) is 32.8 Å². The molecular weight excluding hydrogens is 374 g/mol. The molecule has 2 aliphatic heterocycles. The summed E-state index contributed by atoms with van der Waals surface area (Å²) in [7, 11) is 0. The molecule has 8 nitrogen and oxygen atoms in total. The second kappa shape index (κ2) is 10.7. The summed E-state index contributed by atoms with van der Waals surface area (Å²) >= 11 is 0.